The average Bonchev–Trinajstić information content (AvgIpc) is 3.14. The van der Waals surface area contributed by atoms with Crippen molar-refractivity contribution in [3.63, 3.8) is 0 Å². The van der Waals surface area contributed by atoms with Crippen LogP contribution in [0.2, 0.25) is 0 Å². The quantitative estimate of drug-likeness (QED) is 0.881. The highest BCUT2D eigenvalue weighted by molar-refractivity contribution is 7.09. The van der Waals surface area contributed by atoms with Gasteiger partial charge in [-0.05, 0) is 25.0 Å². The Morgan fingerprint density at radius 2 is 2.21 bits per heavy atom. The number of thiazole rings is 1. The number of halogens is 1. The Bertz CT molecular complexity index is 554. The van der Waals surface area contributed by atoms with E-state index in [4.69, 9.17) is 4.74 Å². The van der Waals surface area contributed by atoms with Crippen LogP contribution in [-0.2, 0) is 13.2 Å². The number of nitrogens with one attached hydrogen (secondary N) is 1. The maximum Gasteiger partial charge on any atom is 0.165 e. The van der Waals surface area contributed by atoms with E-state index >= 15 is 0 Å². The van der Waals surface area contributed by atoms with Gasteiger partial charge in [0.25, 0.3) is 0 Å². The highest BCUT2D eigenvalue weighted by Gasteiger charge is 2.20. The van der Waals surface area contributed by atoms with Gasteiger partial charge in [0.05, 0.1) is 5.69 Å². The second-order valence-corrected chi connectivity index (χ2v) is 5.55. The van der Waals surface area contributed by atoms with Gasteiger partial charge >= 0.3 is 0 Å². The van der Waals surface area contributed by atoms with Gasteiger partial charge in [-0.15, -0.1) is 11.3 Å². The van der Waals surface area contributed by atoms with Crippen molar-refractivity contribution in [3.8, 4) is 5.75 Å². The molecule has 3 rings (SSSR count). The van der Waals surface area contributed by atoms with Crippen LogP contribution in [0.1, 0.15) is 23.5 Å². The molecule has 1 saturated carbocycles. The second kappa shape index (κ2) is 5.67. The molecule has 1 aromatic heterocycles. The van der Waals surface area contributed by atoms with Crippen LogP contribution in [0.5, 0.6) is 5.75 Å². The highest BCUT2D eigenvalue weighted by Crippen LogP contribution is 2.21. The van der Waals surface area contributed by atoms with E-state index < -0.39 is 0 Å². The summed E-state index contributed by atoms with van der Waals surface area (Å²) in [6.07, 6.45) is 2.54. The molecular weight excluding hydrogens is 263 g/mol. The first-order valence-electron chi connectivity index (χ1n) is 6.35. The minimum atomic E-state index is -0.339. The standard InChI is InChI=1S/C14H15FN2OS/c15-12-3-1-2-4-13(12)18-8-11-9-19-14(17-11)7-16-10-5-6-10/h1-4,9-10,16H,5-8H2. The van der Waals surface area contributed by atoms with Crippen LogP contribution in [0.4, 0.5) is 4.39 Å². The smallest absolute Gasteiger partial charge is 0.165 e. The minimum absolute atomic E-state index is 0.271. The van der Waals surface area contributed by atoms with Gasteiger partial charge in [-0.3, -0.25) is 0 Å². The Labute approximate surface area is 115 Å². The van der Waals surface area contributed by atoms with Crippen molar-refractivity contribution in [2.45, 2.75) is 32.0 Å². The van der Waals surface area contributed by atoms with Crippen molar-refractivity contribution in [1.82, 2.24) is 10.3 Å². The number of nitrogens with zero attached hydrogens (tertiary/aromatic N) is 1. The lowest BCUT2D eigenvalue weighted by Gasteiger charge is -2.04. The molecule has 0 bridgehead atoms. The zero-order chi connectivity index (χ0) is 13.1. The van der Waals surface area contributed by atoms with E-state index in [-0.39, 0.29) is 11.6 Å². The van der Waals surface area contributed by atoms with Gasteiger partial charge in [-0.2, -0.15) is 0 Å². The molecule has 2 aromatic rings. The molecule has 1 aliphatic rings. The molecule has 0 radical (unpaired) electrons. The number of hydrogen-bond acceptors (Lipinski definition) is 4. The molecule has 1 fully saturated rings. The second-order valence-electron chi connectivity index (χ2n) is 4.61. The van der Waals surface area contributed by atoms with Gasteiger partial charge in [-0.25, -0.2) is 9.37 Å². The molecule has 1 heterocycles. The Morgan fingerprint density at radius 3 is 3.00 bits per heavy atom. The van der Waals surface area contributed by atoms with E-state index in [1.807, 2.05) is 5.38 Å². The number of aromatic nitrogens is 1. The lowest BCUT2D eigenvalue weighted by molar-refractivity contribution is 0.286. The number of rotatable bonds is 6. The molecule has 0 unspecified atom stereocenters. The van der Waals surface area contributed by atoms with E-state index in [0.717, 1.165) is 17.2 Å². The summed E-state index contributed by atoms with van der Waals surface area (Å²) in [6.45, 7) is 1.12. The van der Waals surface area contributed by atoms with Crippen molar-refractivity contribution >= 4 is 11.3 Å². The summed E-state index contributed by atoms with van der Waals surface area (Å²) >= 11 is 1.61. The van der Waals surface area contributed by atoms with E-state index in [2.05, 4.69) is 10.3 Å². The fourth-order valence-electron chi connectivity index (χ4n) is 1.73. The van der Waals surface area contributed by atoms with Crippen molar-refractivity contribution in [2.75, 3.05) is 0 Å². The topological polar surface area (TPSA) is 34.1 Å². The zero-order valence-electron chi connectivity index (χ0n) is 10.4. The number of para-hydroxylation sites is 1. The maximum absolute atomic E-state index is 13.4. The highest BCUT2D eigenvalue weighted by atomic mass is 32.1. The van der Waals surface area contributed by atoms with Gasteiger partial charge in [0.1, 0.15) is 11.6 Å². The largest absolute Gasteiger partial charge is 0.484 e. The summed E-state index contributed by atoms with van der Waals surface area (Å²) in [5.74, 6) is -0.0680. The fourth-order valence-corrected chi connectivity index (χ4v) is 2.46. The first-order chi connectivity index (χ1) is 9.31. The van der Waals surface area contributed by atoms with Gasteiger partial charge in [0.15, 0.2) is 11.6 Å². The molecule has 5 heteroatoms. The third-order valence-corrected chi connectivity index (χ3v) is 3.83. The Balaban J connectivity index is 1.53. The molecule has 100 valence electrons. The maximum atomic E-state index is 13.4. The molecule has 3 nitrogen and oxygen atoms in total. The zero-order valence-corrected chi connectivity index (χ0v) is 11.3. The summed E-state index contributed by atoms with van der Waals surface area (Å²) < 4.78 is 18.8. The van der Waals surface area contributed by atoms with Crippen molar-refractivity contribution in [1.29, 1.82) is 0 Å². The normalized spacial score (nSPS) is 14.6. The van der Waals surface area contributed by atoms with Crippen LogP contribution >= 0.6 is 11.3 Å². The average molecular weight is 278 g/mol. The van der Waals surface area contributed by atoms with E-state index in [1.54, 1.807) is 29.5 Å². The third-order valence-electron chi connectivity index (χ3n) is 2.93. The van der Waals surface area contributed by atoms with Crippen molar-refractivity contribution in [3.05, 3.63) is 46.2 Å². The van der Waals surface area contributed by atoms with E-state index in [1.165, 1.54) is 18.9 Å². The lowest BCUT2D eigenvalue weighted by Crippen LogP contribution is -2.15. The van der Waals surface area contributed by atoms with E-state index in [0.29, 0.717) is 12.6 Å². The first kappa shape index (κ1) is 12.6. The Hall–Kier alpha value is -1.46. The van der Waals surface area contributed by atoms with Gasteiger partial charge < -0.3 is 10.1 Å². The summed E-state index contributed by atoms with van der Waals surface area (Å²) in [5.41, 5.74) is 0.848. The molecule has 0 spiro atoms. The molecule has 1 aromatic carbocycles. The van der Waals surface area contributed by atoms with Crippen LogP contribution in [-0.4, -0.2) is 11.0 Å². The molecule has 1 aliphatic carbocycles. The van der Waals surface area contributed by atoms with Gasteiger partial charge in [0, 0.05) is 18.0 Å². The summed E-state index contributed by atoms with van der Waals surface area (Å²) in [4.78, 5) is 4.46. The SMILES string of the molecule is Fc1ccccc1OCc1csc(CNC2CC2)n1. The van der Waals surface area contributed by atoms with E-state index in [9.17, 15) is 4.39 Å². The molecule has 1 N–H and O–H groups in total. The lowest BCUT2D eigenvalue weighted by atomic mass is 10.3. The molecule has 0 aliphatic heterocycles. The number of ether oxygens (including phenoxy) is 1. The number of benzene rings is 1. The molecule has 0 saturated heterocycles. The predicted octanol–water partition coefficient (Wildman–Crippen LogP) is 3.11. The van der Waals surface area contributed by atoms with Crippen LogP contribution in [0.3, 0.4) is 0 Å². The minimum Gasteiger partial charge on any atom is -0.484 e. The van der Waals surface area contributed by atoms with Gasteiger partial charge in [-0.1, -0.05) is 12.1 Å². The first-order valence-corrected chi connectivity index (χ1v) is 7.23. The Kier molecular flexibility index (Phi) is 3.75. The Morgan fingerprint density at radius 1 is 1.37 bits per heavy atom. The van der Waals surface area contributed by atoms with Crippen LogP contribution in [0, 0.1) is 5.82 Å². The molecular formula is C14H15FN2OS. The molecule has 0 atom stereocenters. The number of hydrogen-bond donors (Lipinski definition) is 1. The van der Waals surface area contributed by atoms with Crippen LogP contribution in [0.15, 0.2) is 29.6 Å². The van der Waals surface area contributed by atoms with Crippen LogP contribution in [0.25, 0.3) is 0 Å². The van der Waals surface area contributed by atoms with Crippen LogP contribution < -0.4 is 10.1 Å². The third kappa shape index (κ3) is 3.52. The fraction of sp³-hybridized carbons (Fsp3) is 0.357. The predicted molar refractivity (Wildman–Crippen MR) is 72.7 cm³/mol. The van der Waals surface area contributed by atoms with Crippen molar-refractivity contribution < 1.29 is 9.13 Å². The molecule has 0 amide bonds. The monoisotopic (exact) mass is 278 g/mol. The molecule has 19 heavy (non-hydrogen) atoms. The van der Waals surface area contributed by atoms with Crippen molar-refractivity contribution in [2.24, 2.45) is 0 Å². The summed E-state index contributed by atoms with van der Waals surface area (Å²) in [7, 11) is 0. The summed E-state index contributed by atoms with van der Waals surface area (Å²) in [6, 6.07) is 7.09. The summed E-state index contributed by atoms with van der Waals surface area (Å²) in [5, 5.41) is 6.43. The van der Waals surface area contributed by atoms with Gasteiger partial charge in [0.2, 0.25) is 0 Å².